The number of phosphoric ester groups is 1. The van der Waals surface area contributed by atoms with E-state index in [0.29, 0.717) is 30.0 Å². The lowest BCUT2D eigenvalue weighted by Crippen LogP contribution is -2.37. The van der Waals surface area contributed by atoms with Gasteiger partial charge in [-0.15, -0.1) is 0 Å². The fourth-order valence-corrected chi connectivity index (χ4v) is 9.66. The number of rotatable bonds is 54. The number of ether oxygens (including phenoxy) is 2. The van der Waals surface area contributed by atoms with Crippen LogP contribution in [0.2, 0.25) is 0 Å². The summed E-state index contributed by atoms with van der Waals surface area (Å²) in [6.07, 6.45) is 53.4. The van der Waals surface area contributed by atoms with Gasteiger partial charge in [-0.25, -0.2) is 4.57 Å². The summed E-state index contributed by atoms with van der Waals surface area (Å²) in [5, 5.41) is 0. The molecule has 8 nitrogen and oxygen atoms in total. The van der Waals surface area contributed by atoms with Crippen molar-refractivity contribution < 1.29 is 37.3 Å². The van der Waals surface area contributed by atoms with E-state index < -0.39 is 13.9 Å². The Bertz CT molecular complexity index is 995. The highest BCUT2D eigenvalue weighted by Crippen LogP contribution is 2.43. The molecule has 0 saturated carbocycles. The Morgan fingerprint density at radius 3 is 1.14 bits per heavy atom. The van der Waals surface area contributed by atoms with Crippen molar-refractivity contribution in [2.75, 3.05) is 54.1 Å². The fourth-order valence-electron chi connectivity index (χ4n) is 8.92. The number of phosphoric acid groups is 1. The molecule has 0 fully saturated rings. The van der Waals surface area contributed by atoms with Crippen LogP contribution in [0.1, 0.15) is 290 Å². The first-order chi connectivity index (χ1) is 31.5. The van der Waals surface area contributed by atoms with Gasteiger partial charge in [0.15, 0.2) is 0 Å². The quantitative estimate of drug-likeness (QED) is 0.0281. The van der Waals surface area contributed by atoms with Gasteiger partial charge >= 0.3 is 13.8 Å². The Morgan fingerprint density at radius 1 is 0.446 bits per heavy atom. The number of quaternary nitrogens is 1. The first-order valence-corrected chi connectivity index (χ1v) is 30.2. The zero-order valence-electron chi connectivity index (χ0n) is 44.7. The molecule has 0 amide bonds. The standard InChI is InChI=1S/C56H114NO7P/c1-7-10-13-16-19-22-25-28-29-32-35-38-41-44-50-61-52-55(53-63-65(59,60)62-51-49-57(4,5)6)64-56(58)48-47-54(45-42-39-36-33-30-26-23-20-17-14-11-8-2)46-43-40-37-34-31-27-24-21-18-15-12-9-3/h54-55H,7-53H2,1-6H3/p+1/t55-/m0/s1. The smallest absolute Gasteiger partial charge is 0.457 e. The lowest BCUT2D eigenvalue weighted by Gasteiger charge is -2.24. The Labute approximate surface area is 406 Å². The molecule has 0 aliphatic heterocycles. The average molecular weight is 946 g/mol. The van der Waals surface area contributed by atoms with Gasteiger partial charge in [0.2, 0.25) is 0 Å². The van der Waals surface area contributed by atoms with Crippen LogP contribution < -0.4 is 0 Å². The Hall–Kier alpha value is -0.500. The molecule has 0 rings (SSSR count). The number of hydrogen-bond acceptors (Lipinski definition) is 6. The third-order valence-corrected chi connectivity index (χ3v) is 14.4. The molecule has 2 atom stereocenters. The molecule has 0 saturated heterocycles. The third-order valence-electron chi connectivity index (χ3n) is 13.4. The van der Waals surface area contributed by atoms with Crippen molar-refractivity contribution in [2.24, 2.45) is 5.92 Å². The summed E-state index contributed by atoms with van der Waals surface area (Å²) in [4.78, 5) is 23.8. The van der Waals surface area contributed by atoms with Gasteiger partial charge in [0.05, 0.1) is 34.4 Å². The second-order valence-electron chi connectivity index (χ2n) is 21.2. The largest absolute Gasteiger partial charge is 0.472 e. The van der Waals surface area contributed by atoms with Crippen molar-refractivity contribution in [1.29, 1.82) is 0 Å². The van der Waals surface area contributed by atoms with Crippen LogP contribution in [0.15, 0.2) is 0 Å². The number of hydrogen-bond donors (Lipinski definition) is 1. The summed E-state index contributed by atoms with van der Waals surface area (Å²) < 4.78 is 36.0. The molecule has 0 aliphatic rings. The van der Waals surface area contributed by atoms with Gasteiger partial charge in [-0.2, -0.15) is 0 Å². The van der Waals surface area contributed by atoms with E-state index in [1.54, 1.807) is 0 Å². The second kappa shape index (κ2) is 48.5. The molecule has 1 unspecified atom stereocenters. The van der Waals surface area contributed by atoms with Gasteiger partial charge in [-0.1, -0.05) is 271 Å². The van der Waals surface area contributed by atoms with Crippen LogP contribution in [0.4, 0.5) is 0 Å². The molecular formula is C56H115NO7P+. The zero-order valence-corrected chi connectivity index (χ0v) is 45.6. The summed E-state index contributed by atoms with van der Waals surface area (Å²) in [6, 6.07) is 0. The monoisotopic (exact) mass is 945 g/mol. The van der Waals surface area contributed by atoms with Crippen molar-refractivity contribution in [2.45, 2.75) is 297 Å². The van der Waals surface area contributed by atoms with E-state index in [1.165, 1.54) is 244 Å². The number of likely N-dealkylation sites (N-methyl/N-ethyl adjacent to an activating group) is 1. The molecule has 0 bridgehead atoms. The molecule has 9 heteroatoms. The Balaban J connectivity index is 4.92. The fraction of sp³-hybridized carbons (Fsp3) is 0.982. The van der Waals surface area contributed by atoms with Gasteiger partial charge in [-0.3, -0.25) is 13.8 Å². The van der Waals surface area contributed by atoms with E-state index in [0.717, 1.165) is 19.3 Å². The van der Waals surface area contributed by atoms with Gasteiger partial charge in [0.1, 0.15) is 19.3 Å². The molecule has 0 aromatic heterocycles. The summed E-state index contributed by atoms with van der Waals surface area (Å²) >= 11 is 0. The predicted octanol–water partition coefficient (Wildman–Crippen LogP) is 17.8. The van der Waals surface area contributed by atoms with Crippen molar-refractivity contribution in [3.8, 4) is 0 Å². The van der Waals surface area contributed by atoms with E-state index in [-0.39, 0.29) is 25.8 Å². The SMILES string of the molecule is CCCCCCCCCCCCCCCCOC[C@@H](COP(=O)(O)OCC[N+](C)(C)C)OC(=O)CCC(CCCCCCCCCCCCCC)CCCCCCCCCCCCCC. The van der Waals surface area contributed by atoms with Crippen LogP contribution in [-0.2, 0) is 27.9 Å². The Morgan fingerprint density at radius 2 is 0.785 bits per heavy atom. The number of unbranched alkanes of at least 4 members (excludes halogenated alkanes) is 35. The van der Waals surface area contributed by atoms with Gasteiger partial charge in [0.25, 0.3) is 0 Å². The van der Waals surface area contributed by atoms with Gasteiger partial charge in [0, 0.05) is 13.0 Å². The van der Waals surface area contributed by atoms with Crippen molar-refractivity contribution in [3.05, 3.63) is 0 Å². The number of carbonyl (C=O) groups excluding carboxylic acids is 1. The van der Waals surface area contributed by atoms with Crippen molar-refractivity contribution in [1.82, 2.24) is 0 Å². The highest BCUT2D eigenvalue weighted by Gasteiger charge is 2.26. The van der Waals surface area contributed by atoms with E-state index in [9.17, 15) is 14.3 Å². The average Bonchev–Trinajstić information content (AvgIpc) is 3.27. The summed E-state index contributed by atoms with van der Waals surface area (Å²) in [5.74, 6) is 0.249. The maximum absolute atomic E-state index is 13.4. The van der Waals surface area contributed by atoms with Crippen molar-refractivity contribution >= 4 is 13.8 Å². The second-order valence-corrected chi connectivity index (χ2v) is 22.6. The molecule has 1 N–H and O–H groups in total. The first kappa shape index (κ1) is 64.5. The predicted molar refractivity (Wildman–Crippen MR) is 280 cm³/mol. The number of esters is 1. The summed E-state index contributed by atoms with van der Waals surface area (Å²) in [5.41, 5.74) is 0. The number of carbonyl (C=O) groups is 1. The third kappa shape index (κ3) is 51.2. The van der Waals surface area contributed by atoms with Crippen LogP contribution in [0.25, 0.3) is 0 Å². The summed E-state index contributed by atoms with van der Waals surface area (Å²) in [7, 11) is 1.69. The molecule has 390 valence electrons. The van der Waals surface area contributed by atoms with E-state index in [4.69, 9.17) is 18.5 Å². The Kier molecular flexibility index (Phi) is 48.1. The van der Waals surface area contributed by atoms with Crippen LogP contribution >= 0.6 is 7.82 Å². The molecule has 65 heavy (non-hydrogen) atoms. The van der Waals surface area contributed by atoms with Gasteiger partial charge in [-0.05, 0) is 18.8 Å². The lowest BCUT2D eigenvalue weighted by molar-refractivity contribution is -0.870. The van der Waals surface area contributed by atoms with Crippen LogP contribution in [-0.4, -0.2) is 75.6 Å². The lowest BCUT2D eigenvalue weighted by atomic mass is 9.90. The molecule has 0 aromatic carbocycles. The minimum Gasteiger partial charge on any atom is -0.457 e. The maximum atomic E-state index is 13.4. The zero-order chi connectivity index (χ0) is 47.8. The van der Waals surface area contributed by atoms with E-state index >= 15 is 0 Å². The topological polar surface area (TPSA) is 91.3 Å². The molecule has 0 radical (unpaired) electrons. The van der Waals surface area contributed by atoms with Crippen LogP contribution in [0, 0.1) is 5.92 Å². The van der Waals surface area contributed by atoms with Crippen molar-refractivity contribution in [3.63, 3.8) is 0 Å². The van der Waals surface area contributed by atoms with Gasteiger partial charge < -0.3 is 18.9 Å². The highest BCUT2D eigenvalue weighted by atomic mass is 31.2. The summed E-state index contributed by atoms with van der Waals surface area (Å²) in [6.45, 7) is 7.99. The van der Waals surface area contributed by atoms with Crippen LogP contribution in [0.3, 0.4) is 0 Å². The molecule has 0 aliphatic carbocycles. The van der Waals surface area contributed by atoms with E-state index in [1.807, 2.05) is 21.1 Å². The molecule has 0 heterocycles. The molecule has 0 aromatic rings. The maximum Gasteiger partial charge on any atom is 0.472 e. The highest BCUT2D eigenvalue weighted by molar-refractivity contribution is 7.47. The van der Waals surface area contributed by atoms with Crippen LogP contribution in [0.5, 0.6) is 0 Å². The minimum atomic E-state index is -4.30. The normalized spacial score (nSPS) is 13.5. The molecular weight excluding hydrogens is 830 g/mol. The molecule has 0 spiro atoms. The number of nitrogens with zero attached hydrogens (tertiary/aromatic N) is 1. The minimum absolute atomic E-state index is 0.0944. The van der Waals surface area contributed by atoms with E-state index in [2.05, 4.69) is 20.8 Å². The first-order valence-electron chi connectivity index (χ1n) is 28.7.